The highest BCUT2D eigenvalue weighted by Gasteiger charge is 2.25. The summed E-state index contributed by atoms with van der Waals surface area (Å²) < 4.78 is 5.04. The van der Waals surface area contributed by atoms with Crippen LogP contribution in [0.5, 0.6) is 23.0 Å². The largest absolute Gasteiger partial charge is 0.508 e. The minimum Gasteiger partial charge on any atom is -0.508 e. The summed E-state index contributed by atoms with van der Waals surface area (Å²) in [7, 11) is 1.50. The predicted molar refractivity (Wildman–Crippen MR) is 86.2 cm³/mol. The molecular formula is C17H18N2O4. The van der Waals surface area contributed by atoms with Crippen LogP contribution < -0.4 is 10.2 Å². The molecule has 0 aromatic heterocycles. The van der Waals surface area contributed by atoms with Crippen LogP contribution >= 0.6 is 0 Å². The predicted octanol–water partition coefficient (Wildman–Crippen LogP) is 2.56. The first kappa shape index (κ1) is 15.0. The van der Waals surface area contributed by atoms with Gasteiger partial charge in [0.15, 0.2) is 11.5 Å². The molecule has 6 nitrogen and oxygen atoms in total. The highest BCUT2D eigenvalue weighted by molar-refractivity contribution is 6.05. The van der Waals surface area contributed by atoms with Crippen LogP contribution in [0.4, 0.5) is 0 Å². The van der Waals surface area contributed by atoms with E-state index in [9.17, 15) is 15.3 Å². The fourth-order valence-corrected chi connectivity index (χ4v) is 2.84. The molecule has 2 aromatic carbocycles. The number of nitrogens with zero attached hydrogens (tertiary/aromatic N) is 1. The van der Waals surface area contributed by atoms with Gasteiger partial charge in [0.25, 0.3) is 0 Å². The lowest BCUT2D eigenvalue weighted by Crippen LogP contribution is -2.10. The Morgan fingerprint density at radius 3 is 2.57 bits per heavy atom. The summed E-state index contributed by atoms with van der Waals surface area (Å²) in [4.78, 5) is 0. The molecule has 1 aliphatic rings. The lowest BCUT2D eigenvalue weighted by atomic mass is 9.95. The number of methoxy groups -OCH3 is 1. The molecule has 1 aliphatic heterocycles. The quantitative estimate of drug-likeness (QED) is 0.698. The molecule has 0 aliphatic carbocycles. The third-order valence-corrected chi connectivity index (χ3v) is 3.95. The van der Waals surface area contributed by atoms with Crippen molar-refractivity contribution in [2.24, 2.45) is 5.10 Å². The number of hydrogen-bond donors (Lipinski definition) is 4. The highest BCUT2D eigenvalue weighted by Crippen LogP contribution is 2.35. The highest BCUT2D eigenvalue weighted by atomic mass is 16.5. The molecule has 0 spiro atoms. The van der Waals surface area contributed by atoms with E-state index in [1.165, 1.54) is 13.2 Å². The van der Waals surface area contributed by atoms with E-state index in [-0.39, 0.29) is 23.3 Å². The third kappa shape index (κ3) is 2.75. The lowest BCUT2D eigenvalue weighted by molar-refractivity contribution is 0.372. The third-order valence-electron chi connectivity index (χ3n) is 3.95. The molecule has 3 rings (SSSR count). The van der Waals surface area contributed by atoms with Crippen molar-refractivity contribution in [1.29, 1.82) is 0 Å². The van der Waals surface area contributed by atoms with Crippen molar-refractivity contribution in [1.82, 2.24) is 5.43 Å². The summed E-state index contributed by atoms with van der Waals surface area (Å²) in [6.07, 6.45) is 0.560. The number of aromatic hydroxyl groups is 3. The molecule has 120 valence electrons. The average Bonchev–Trinajstić information content (AvgIpc) is 2.95. The van der Waals surface area contributed by atoms with Crippen molar-refractivity contribution >= 4 is 5.71 Å². The van der Waals surface area contributed by atoms with Gasteiger partial charge in [0.2, 0.25) is 0 Å². The molecule has 6 heteroatoms. The molecule has 4 N–H and O–H groups in total. The van der Waals surface area contributed by atoms with E-state index >= 15 is 0 Å². The van der Waals surface area contributed by atoms with Gasteiger partial charge in [0.1, 0.15) is 11.5 Å². The Bertz CT molecular complexity index is 763. The number of rotatable bonds is 3. The Morgan fingerprint density at radius 2 is 1.91 bits per heavy atom. The van der Waals surface area contributed by atoms with Gasteiger partial charge in [0.05, 0.1) is 18.9 Å². The van der Waals surface area contributed by atoms with E-state index in [0.29, 0.717) is 23.4 Å². The summed E-state index contributed by atoms with van der Waals surface area (Å²) in [5.74, 6) is 0.511. The van der Waals surface area contributed by atoms with Gasteiger partial charge in [-0.15, -0.1) is 0 Å². The number of nitrogens with one attached hydrogen (secondary N) is 1. The molecule has 23 heavy (non-hydrogen) atoms. The molecule has 1 unspecified atom stereocenters. The van der Waals surface area contributed by atoms with E-state index in [0.717, 1.165) is 11.1 Å². The minimum absolute atomic E-state index is 0.00118. The average molecular weight is 314 g/mol. The van der Waals surface area contributed by atoms with Gasteiger partial charge in [-0.25, -0.2) is 0 Å². The van der Waals surface area contributed by atoms with Crippen molar-refractivity contribution < 1.29 is 20.1 Å². The van der Waals surface area contributed by atoms with Crippen molar-refractivity contribution in [3.8, 4) is 23.0 Å². The van der Waals surface area contributed by atoms with Gasteiger partial charge in [-0.3, -0.25) is 0 Å². The Labute approximate surface area is 133 Å². The van der Waals surface area contributed by atoms with Crippen molar-refractivity contribution in [3.05, 3.63) is 47.0 Å². The second kappa shape index (κ2) is 5.72. The number of hydrazone groups is 1. The van der Waals surface area contributed by atoms with Gasteiger partial charge in [-0.2, -0.15) is 5.10 Å². The zero-order valence-corrected chi connectivity index (χ0v) is 12.9. The van der Waals surface area contributed by atoms with Crippen LogP contribution in [0.3, 0.4) is 0 Å². The van der Waals surface area contributed by atoms with Crippen LogP contribution in [0, 0.1) is 6.92 Å². The zero-order valence-electron chi connectivity index (χ0n) is 12.9. The van der Waals surface area contributed by atoms with Gasteiger partial charge in [0, 0.05) is 18.1 Å². The van der Waals surface area contributed by atoms with Crippen molar-refractivity contribution in [3.63, 3.8) is 0 Å². The van der Waals surface area contributed by atoms with Gasteiger partial charge < -0.3 is 25.5 Å². The SMILES string of the molecule is COc1ccc(C2CC(c3c(C)cc(O)cc3O)=NN2)cc1O. The maximum absolute atomic E-state index is 10.1. The molecule has 1 heterocycles. The first-order valence-electron chi connectivity index (χ1n) is 7.21. The van der Waals surface area contributed by atoms with Crippen LogP contribution in [0.1, 0.15) is 29.2 Å². The monoisotopic (exact) mass is 314 g/mol. The minimum atomic E-state index is -0.102. The van der Waals surface area contributed by atoms with E-state index in [4.69, 9.17) is 4.74 Å². The van der Waals surface area contributed by atoms with Crippen LogP contribution in [0.2, 0.25) is 0 Å². The van der Waals surface area contributed by atoms with Crippen LogP contribution in [-0.2, 0) is 0 Å². The van der Waals surface area contributed by atoms with E-state index < -0.39 is 0 Å². The summed E-state index contributed by atoms with van der Waals surface area (Å²) in [6, 6.07) is 7.99. The molecule has 0 radical (unpaired) electrons. The summed E-state index contributed by atoms with van der Waals surface area (Å²) in [5.41, 5.74) is 5.97. The number of phenolic OH excluding ortho intramolecular Hbond substituents is 3. The Hall–Kier alpha value is -2.89. The van der Waals surface area contributed by atoms with Crippen LogP contribution in [0.25, 0.3) is 0 Å². The fourth-order valence-electron chi connectivity index (χ4n) is 2.84. The molecule has 0 saturated carbocycles. The van der Waals surface area contributed by atoms with Gasteiger partial charge >= 0.3 is 0 Å². The maximum atomic E-state index is 10.1. The number of aryl methyl sites for hydroxylation is 1. The molecular weight excluding hydrogens is 296 g/mol. The number of ether oxygens (including phenoxy) is 1. The van der Waals surface area contributed by atoms with E-state index in [1.807, 2.05) is 13.0 Å². The number of hydrogen-bond acceptors (Lipinski definition) is 6. The molecule has 2 aromatic rings. The molecule has 0 saturated heterocycles. The summed E-state index contributed by atoms with van der Waals surface area (Å²) in [6.45, 7) is 1.81. The summed E-state index contributed by atoms with van der Waals surface area (Å²) >= 11 is 0. The van der Waals surface area contributed by atoms with Gasteiger partial charge in [-0.1, -0.05) is 6.07 Å². The zero-order chi connectivity index (χ0) is 16.6. The maximum Gasteiger partial charge on any atom is 0.160 e. The first-order valence-corrected chi connectivity index (χ1v) is 7.21. The standard InChI is InChI=1S/C17H18N2O4/c1-9-5-11(20)7-15(22)17(9)13-8-12(18-19-13)10-3-4-16(23-2)14(21)6-10/h3-7,12,18,20-22H,8H2,1-2H3. The normalized spacial score (nSPS) is 16.8. The number of benzene rings is 2. The van der Waals surface area contributed by atoms with Crippen LogP contribution in [0.15, 0.2) is 35.4 Å². The smallest absolute Gasteiger partial charge is 0.160 e. The fraction of sp³-hybridized carbons (Fsp3) is 0.235. The molecule has 0 amide bonds. The topological polar surface area (TPSA) is 94.3 Å². The Morgan fingerprint density at radius 1 is 1.13 bits per heavy atom. The summed E-state index contributed by atoms with van der Waals surface area (Å²) in [5, 5.41) is 33.8. The number of phenols is 3. The van der Waals surface area contributed by atoms with Crippen LogP contribution in [-0.4, -0.2) is 28.1 Å². The van der Waals surface area contributed by atoms with Crippen molar-refractivity contribution in [2.45, 2.75) is 19.4 Å². The molecule has 1 atom stereocenters. The first-order chi connectivity index (χ1) is 11.0. The van der Waals surface area contributed by atoms with Crippen molar-refractivity contribution in [2.75, 3.05) is 7.11 Å². The Kier molecular flexibility index (Phi) is 3.73. The van der Waals surface area contributed by atoms with E-state index in [2.05, 4.69) is 10.5 Å². The second-order valence-corrected chi connectivity index (χ2v) is 5.53. The molecule has 0 bridgehead atoms. The Balaban J connectivity index is 1.85. The molecule has 0 fully saturated rings. The van der Waals surface area contributed by atoms with Gasteiger partial charge in [-0.05, 0) is 36.2 Å². The lowest BCUT2D eigenvalue weighted by Gasteiger charge is -2.13. The van der Waals surface area contributed by atoms with E-state index in [1.54, 1.807) is 18.2 Å². The second-order valence-electron chi connectivity index (χ2n) is 5.53.